The van der Waals surface area contributed by atoms with Gasteiger partial charge in [0.25, 0.3) is 0 Å². The lowest BCUT2D eigenvalue weighted by Gasteiger charge is -2.20. The predicted molar refractivity (Wildman–Crippen MR) is 73.5 cm³/mol. The lowest BCUT2D eigenvalue weighted by atomic mass is 10.1. The van der Waals surface area contributed by atoms with Crippen LogP contribution >= 0.6 is 0 Å². The maximum Gasteiger partial charge on any atom is 0.371 e. The van der Waals surface area contributed by atoms with Gasteiger partial charge in [0.2, 0.25) is 5.76 Å². The minimum absolute atomic E-state index is 0.0547. The summed E-state index contributed by atoms with van der Waals surface area (Å²) in [5.74, 6) is -0.657. The van der Waals surface area contributed by atoms with Crippen LogP contribution in [0.1, 0.15) is 40.9 Å². The Hall–Kier alpha value is -2.11. The Bertz CT molecular complexity index is 564. The number of hydrogen-bond donors (Lipinski definition) is 3. The molecule has 0 amide bonds. The van der Waals surface area contributed by atoms with E-state index in [0.717, 1.165) is 5.56 Å². The number of aliphatic hydroxyl groups excluding tert-OH is 1. The van der Waals surface area contributed by atoms with Crippen LogP contribution in [0.3, 0.4) is 0 Å². The Balaban J connectivity index is 2.09. The SMILES string of the molecule is CC(NC(CO)c1ccccc1)c1ccc(C(=O)O)o1. The van der Waals surface area contributed by atoms with E-state index in [1.807, 2.05) is 37.3 Å². The molecule has 0 radical (unpaired) electrons. The molecule has 2 rings (SSSR count). The molecular formula is C15H17NO4. The first-order chi connectivity index (χ1) is 9.61. The van der Waals surface area contributed by atoms with E-state index >= 15 is 0 Å². The lowest BCUT2D eigenvalue weighted by molar-refractivity contribution is 0.0659. The first kappa shape index (κ1) is 14.3. The van der Waals surface area contributed by atoms with E-state index in [4.69, 9.17) is 9.52 Å². The molecule has 1 heterocycles. The molecule has 0 fully saturated rings. The van der Waals surface area contributed by atoms with Crippen LogP contribution in [0.15, 0.2) is 46.9 Å². The van der Waals surface area contributed by atoms with Crippen LogP contribution in [0.4, 0.5) is 0 Å². The number of nitrogens with one attached hydrogen (secondary N) is 1. The molecular weight excluding hydrogens is 258 g/mol. The Kier molecular flexibility index (Phi) is 4.55. The smallest absolute Gasteiger partial charge is 0.371 e. The second-order valence-electron chi connectivity index (χ2n) is 4.54. The van der Waals surface area contributed by atoms with Crippen molar-refractivity contribution in [1.29, 1.82) is 0 Å². The first-order valence-corrected chi connectivity index (χ1v) is 6.36. The first-order valence-electron chi connectivity index (χ1n) is 6.36. The standard InChI is InChI=1S/C15H17NO4/c1-10(13-7-8-14(20-13)15(18)19)16-12(9-17)11-5-3-2-4-6-11/h2-8,10,12,16-17H,9H2,1H3,(H,18,19). The minimum Gasteiger partial charge on any atom is -0.475 e. The molecule has 5 nitrogen and oxygen atoms in total. The fraction of sp³-hybridized carbons (Fsp3) is 0.267. The number of furan rings is 1. The summed E-state index contributed by atoms with van der Waals surface area (Å²) in [5.41, 5.74) is 0.965. The highest BCUT2D eigenvalue weighted by molar-refractivity contribution is 5.84. The van der Waals surface area contributed by atoms with Gasteiger partial charge in [0, 0.05) is 0 Å². The van der Waals surface area contributed by atoms with E-state index in [2.05, 4.69) is 5.32 Å². The van der Waals surface area contributed by atoms with E-state index in [9.17, 15) is 9.90 Å². The van der Waals surface area contributed by atoms with Crippen molar-refractivity contribution in [3.05, 3.63) is 59.5 Å². The van der Waals surface area contributed by atoms with Crippen molar-refractivity contribution in [3.63, 3.8) is 0 Å². The van der Waals surface area contributed by atoms with E-state index in [-0.39, 0.29) is 24.5 Å². The summed E-state index contributed by atoms with van der Waals surface area (Å²) in [7, 11) is 0. The largest absolute Gasteiger partial charge is 0.475 e. The van der Waals surface area contributed by atoms with Gasteiger partial charge in [-0.25, -0.2) is 4.79 Å². The van der Waals surface area contributed by atoms with Gasteiger partial charge in [-0.05, 0) is 24.6 Å². The third-order valence-electron chi connectivity index (χ3n) is 3.10. The van der Waals surface area contributed by atoms with Crippen molar-refractivity contribution in [1.82, 2.24) is 5.32 Å². The fourth-order valence-electron chi connectivity index (χ4n) is 2.02. The zero-order valence-electron chi connectivity index (χ0n) is 11.1. The molecule has 2 atom stereocenters. The van der Waals surface area contributed by atoms with E-state index < -0.39 is 5.97 Å². The molecule has 106 valence electrons. The molecule has 0 bridgehead atoms. The number of benzene rings is 1. The zero-order valence-corrected chi connectivity index (χ0v) is 11.1. The highest BCUT2D eigenvalue weighted by Gasteiger charge is 2.18. The normalized spacial score (nSPS) is 13.9. The molecule has 0 aliphatic heterocycles. The van der Waals surface area contributed by atoms with Crippen molar-refractivity contribution in [2.45, 2.75) is 19.0 Å². The third-order valence-corrected chi connectivity index (χ3v) is 3.10. The minimum atomic E-state index is -1.09. The second-order valence-corrected chi connectivity index (χ2v) is 4.54. The maximum absolute atomic E-state index is 10.8. The van der Waals surface area contributed by atoms with Gasteiger partial charge >= 0.3 is 5.97 Å². The van der Waals surface area contributed by atoms with Crippen LogP contribution in [0.25, 0.3) is 0 Å². The van der Waals surface area contributed by atoms with Crippen molar-refractivity contribution in [2.24, 2.45) is 0 Å². The van der Waals surface area contributed by atoms with E-state index in [1.165, 1.54) is 6.07 Å². The fourth-order valence-corrected chi connectivity index (χ4v) is 2.02. The number of carbonyl (C=O) groups is 1. The molecule has 1 aromatic heterocycles. The number of hydrogen-bond acceptors (Lipinski definition) is 4. The molecule has 2 unspecified atom stereocenters. The molecule has 1 aromatic carbocycles. The Morgan fingerprint density at radius 1 is 1.25 bits per heavy atom. The third kappa shape index (κ3) is 3.26. The Morgan fingerprint density at radius 2 is 1.95 bits per heavy atom. The molecule has 3 N–H and O–H groups in total. The number of aliphatic hydroxyl groups is 1. The van der Waals surface area contributed by atoms with Gasteiger partial charge in [0.15, 0.2) is 0 Å². The summed E-state index contributed by atoms with van der Waals surface area (Å²) in [6, 6.07) is 12.2. The summed E-state index contributed by atoms with van der Waals surface area (Å²) < 4.78 is 5.24. The number of carboxylic acid groups (broad SMARTS) is 1. The van der Waals surface area contributed by atoms with Crippen LogP contribution in [-0.2, 0) is 0 Å². The number of rotatable bonds is 6. The second kappa shape index (κ2) is 6.36. The average Bonchev–Trinajstić information content (AvgIpc) is 2.95. The summed E-state index contributed by atoms with van der Waals surface area (Å²) in [6.45, 7) is 1.80. The monoisotopic (exact) mass is 275 g/mol. The molecule has 2 aromatic rings. The van der Waals surface area contributed by atoms with Gasteiger partial charge in [-0.2, -0.15) is 0 Å². The van der Waals surface area contributed by atoms with Crippen molar-refractivity contribution in [2.75, 3.05) is 6.61 Å². The summed E-state index contributed by atoms with van der Waals surface area (Å²) in [4.78, 5) is 10.8. The van der Waals surface area contributed by atoms with Gasteiger partial charge in [0.05, 0.1) is 18.7 Å². The summed E-state index contributed by atoms with van der Waals surface area (Å²) in [5, 5.41) is 21.5. The van der Waals surface area contributed by atoms with Crippen LogP contribution in [0.5, 0.6) is 0 Å². The lowest BCUT2D eigenvalue weighted by Crippen LogP contribution is -2.27. The average molecular weight is 275 g/mol. The zero-order chi connectivity index (χ0) is 14.5. The quantitative estimate of drug-likeness (QED) is 0.754. The maximum atomic E-state index is 10.8. The van der Waals surface area contributed by atoms with E-state index in [1.54, 1.807) is 6.07 Å². The van der Waals surface area contributed by atoms with Crippen molar-refractivity contribution < 1.29 is 19.4 Å². The molecule has 5 heteroatoms. The molecule has 0 spiro atoms. The van der Waals surface area contributed by atoms with Crippen LogP contribution < -0.4 is 5.32 Å². The van der Waals surface area contributed by atoms with Crippen LogP contribution in [-0.4, -0.2) is 22.8 Å². The molecule has 20 heavy (non-hydrogen) atoms. The highest BCUT2D eigenvalue weighted by atomic mass is 16.4. The van der Waals surface area contributed by atoms with Crippen LogP contribution in [0.2, 0.25) is 0 Å². The number of aromatic carboxylic acids is 1. The predicted octanol–water partition coefficient (Wildman–Crippen LogP) is 2.36. The summed E-state index contributed by atoms with van der Waals surface area (Å²) >= 11 is 0. The molecule has 0 aliphatic rings. The number of carboxylic acids is 1. The highest BCUT2D eigenvalue weighted by Crippen LogP contribution is 2.21. The van der Waals surface area contributed by atoms with Crippen molar-refractivity contribution in [3.8, 4) is 0 Å². The molecule has 0 aliphatic carbocycles. The van der Waals surface area contributed by atoms with E-state index in [0.29, 0.717) is 5.76 Å². The van der Waals surface area contributed by atoms with Crippen molar-refractivity contribution >= 4 is 5.97 Å². The van der Waals surface area contributed by atoms with Gasteiger partial charge in [0.1, 0.15) is 5.76 Å². The topological polar surface area (TPSA) is 82.7 Å². The van der Waals surface area contributed by atoms with Gasteiger partial charge < -0.3 is 14.6 Å². The van der Waals surface area contributed by atoms with Crippen LogP contribution in [0, 0.1) is 0 Å². The van der Waals surface area contributed by atoms with Gasteiger partial charge in [-0.15, -0.1) is 0 Å². The molecule has 0 saturated heterocycles. The summed E-state index contributed by atoms with van der Waals surface area (Å²) in [6.07, 6.45) is 0. The molecule has 0 saturated carbocycles. The van der Waals surface area contributed by atoms with Gasteiger partial charge in [-0.1, -0.05) is 30.3 Å². The Morgan fingerprint density at radius 3 is 2.50 bits per heavy atom. The Labute approximate surface area is 116 Å². The van der Waals surface area contributed by atoms with Gasteiger partial charge in [-0.3, -0.25) is 5.32 Å².